The minimum atomic E-state index is 0.311. The molecule has 1 unspecified atom stereocenters. The molecule has 4 heteroatoms. The molecule has 0 aromatic carbocycles. The van der Waals surface area contributed by atoms with Crippen molar-refractivity contribution in [3.8, 4) is 5.88 Å². The van der Waals surface area contributed by atoms with Crippen LogP contribution in [0.3, 0.4) is 0 Å². The average Bonchev–Trinajstić information content (AvgIpc) is 2.47. The van der Waals surface area contributed by atoms with E-state index in [2.05, 4.69) is 22.2 Å². The van der Waals surface area contributed by atoms with Gasteiger partial charge in [-0.05, 0) is 13.8 Å². The minimum Gasteiger partial charge on any atom is -0.481 e. The topological polar surface area (TPSA) is 47.0 Å². The van der Waals surface area contributed by atoms with Gasteiger partial charge in [0.05, 0.1) is 18.4 Å². The number of fused-ring (bicyclic) bond motifs is 1. The Morgan fingerprint density at radius 2 is 2.23 bits per heavy atom. The van der Waals surface area contributed by atoms with E-state index in [9.17, 15) is 0 Å². The van der Waals surface area contributed by atoms with Gasteiger partial charge in [0.25, 0.3) is 0 Å². The van der Waals surface area contributed by atoms with E-state index in [-0.39, 0.29) is 0 Å². The molecule has 1 N–H and O–H groups in total. The van der Waals surface area contributed by atoms with Crippen LogP contribution in [-0.2, 0) is 6.54 Å². The molecule has 0 saturated heterocycles. The van der Waals surface area contributed by atoms with Crippen molar-refractivity contribution in [1.29, 1.82) is 0 Å². The normalized spacial score (nSPS) is 20.1. The molecular weight excluding hydrogens is 166 g/mol. The zero-order valence-corrected chi connectivity index (χ0v) is 8.09. The highest BCUT2D eigenvalue weighted by atomic mass is 16.5. The van der Waals surface area contributed by atoms with E-state index >= 15 is 0 Å². The summed E-state index contributed by atoms with van der Waals surface area (Å²) in [5.74, 6) is 1.48. The third-order valence-corrected chi connectivity index (χ3v) is 2.30. The minimum absolute atomic E-state index is 0.311. The van der Waals surface area contributed by atoms with Crippen LogP contribution >= 0.6 is 0 Å². The summed E-state index contributed by atoms with van der Waals surface area (Å²) in [7, 11) is 1.64. The van der Waals surface area contributed by atoms with Gasteiger partial charge in [0.1, 0.15) is 5.82 Å². The summed E-state index contributed by atoms with van der Waals surface area (Å²) >= 11 is 0. The first-order chi connectivity index (χ1) is 6.22. The predicted octanol–water partition coefficient (Wildman–Crippen LogP) is 0.958. The standard InChI is InChI=1S/C9H13N3O/c1-5-8-7(4-10-5)9(13-3)12-6(2)11-8/h5,10H,4H2,1-3H3. The van der Waals surface area contributed by atoms with E-state index in [1.165, 1.54) is 0 Å². The number of hydrogen-bond acceptors (Lipinski definition) is 4. The number of nitrogens with one attached hydrogen (secondary N) is 1. The molecule has 0 saturated carbocycles. The molecule has 4 nitrogen and oxygen atoms in total. The molecule has 1 aliphatic rings. The van der Waals surface area contributed by atoms with Crippen molar-refractivity contribution in [1.82, 2.24) is 15.3 Å². The highest BCUT2D eigenvalue weighted by Gasteiger charge is 2.24. The van der Waals surface area contributed by atoms with Gasteiger partial charge in [-0.3, -0.25) is 0 Å². The fraction of sp³-hybridized carbons (Fsp3) is 0.556. The van der Waals surface area contributed by atoms with Crippen LogP contribution in [-0.4, -0.2) is 17.1 Å². The first-order valence-electron chi connectivity index (χ1n) is 4.37. The predicted molar refractivity (Wildman–Crippen MR) is 48.6 cm³/mol. The first-order valence-corrected chi connectivity index (χ1v) is 4.37. The second-order valence-electron chi connectivity index (χ2n) is 3.25. The van der Waals surface area contributed by atoms with E-state index in [4.69, 9.17) is 4.74 Å². The van der Waals surface area contributed by atoms with Crippen LogP contribution < -0.4 is 10.1 Å². The first kappa shape index (κ1) is 8.44. The second-order valence-corrected chi connectivity index (χ2v) is 3.25. The van der Waals surface area contributed by atoms with Gasteiger partial charge >= 0.3 is 0 Å². The van der Waals surface area contributed by atoms with Crippen molar-refractivity contribution >= 4 is 0 Å². The van der Waals surface area contributed by atoms with Crippen molar-refractivity contribution in [2.45, 2.75) is 26.4 Å². The van der Waals surface area contributed by atoms with Crippen LogP contribution in [0.5, 0.6) is 5.88 Å². The second kappa shape index (κ2) is 2.96. The average molecular weight is 179 g/mol. The molecule has 0 spiro atoms. The van der Waals surface area contributed by atoms with Crippen molar-refractivity contribution in [3.05, 3.63) is 17.1 Å². The summed E-state index contributed by atoms with van der Waals surface area (Å²) in [6.45, 7) is 4.78. The van der Waals surface area contributed by atoms with Crippen LogP contribution in [0.15, 0.2) is 0 Å². The number of aryl methyl sites for hydroxylation is 1. The zero-order valence-electron chi connectivity index (χ0n) is 8.09. The number of ether oxygens (including phenoxy) is 1. The molecule has 0 radical (unpaired) electrons. The Labute approximate surface area is 77.4 Å². The number of rotatable bonds is 1. The molecule has 13 heavy (non-hydrogen) atoms. The van der Waals surface area contributed by atoms with Crippen molar-refractivity contribution in [2.24, 2.45) is 0 Å². The molecule has 1 aromatic heterocycles. The van der Waals surface area contributed by atoms with Crippen LogP contribution in [0.2, 0.25) is 0 Å². The Hall–Kier alpha value is -1.16. The van der Waals surface area contributed by atoms with Crippen LogP contribution in [0.1, 0.15) is 30.0 Å². The lowest BCUT2D eigenvalue weighted by Gasteiger charge is -2.07. The van der Waals surface area contributed by atoms with Gasteiger partial charge in [-0.1, -0.05) is 0 Å². The number of nitrogens with zero attached hydrogens (tertiary/aromatic N) is 2. The van der Waals surface area contributed by atoms with Gasteiger partial charge in [0, 0.05) is 12.6 Å². The Morgan fingerprint density at radius 1 is 1.46 bits per heavy atom. The van der Waals surface area contributed by atoms with Gasteiger partial charge in [0.2, 0.25) is 5.88 Å². The number of aromatic nitrogens is 2. The SMILES string of the molecule is COc1nc(C)nc2c1CNC2C. The monoisotopic (exact) mass is 179 g/mol. The summed E-state index contributed by atoms with van der Waals surface area (Å²) in [6, 6.07) is 0.311. The van der Waals surface area contributed by atoms with Crippen molar-refractivity contribution in [2.75, 3.05) is 7.11 Å². The Morgan fingerprint density at radius 3 is 2.92 bits per heavy atom. The number of hydrogen-bond donors (Lipinski definition) is 1. The molecule has 2 rings (SSSR count). The molecule has 2 heterocycles. The van der Waals surface area contributed by atoms with E-state index in [1.54, 1.807) is 7.11 Å². The molecule has 0 fully saturated rings. The smallest absolute Gasteiger partial charge is 0.221 e. The summed E-state index contributed by atoms with van der Waals surface area (Å²) in [4.78, 5) is 8.61. The molecule has 0 bridgehead atoms. The van der Waals surface area contributed by atoms with Crippen molar-refractivity contribution < 1.29 is 4.74 Å². The Balaban J connectivity index is 2.56. The van der Waals surface area contributed by atoms with E-state index in [0.29, 0.717) is 11.9 Å². The molecule has 0 aliphatic carbocycles. The highest BCUT2D eigenvalue weighted by molar-refractivity contribution is 5.35. The summed E-state index contributed by atoms with van der Waals surface area (Å²) in [5.41, 5.74) is 2.17. The molecule has 1 aromatic rings. The van der Waals surface area contributed by atoms with Gasteiger partial charge in [-0.25, -0.2) is 4.98 Å². The molecule has 1 atom stereocenters. The lowest BCUT2D eigenvalue weighted by molar-refractivity contribution is 0.390. The van der Waals surface area contributed by atoms with E-state index in [1.807, 2.05) is 6.92 Å². The maximum Gasteiger partial charge on any atom is 0.221 e. The maximum absolute atomic E-state index is 5.20. The maximum atomic E-state index is 5.20. The summed E-state index contributed by atoms with van der Waals surface area (Å²) < 4.78 is 5.20. The lowest BCUT2D eigenvalue weighted by Crippen LogP contribution is -2.08. The fourth-order valence-corrected chi connectivity index (χ4v) is 1.64. The van der Waals surface area contributed by atoms with Gasteiger partial charge < -0.3 is 10.1 Å². The third kappa shape index (κ3) is 1.27. The van der Waals surface area contributed by atoms with E-state index in [0.717, 1.165) is 23.6 Å². The van der Waals surface area contributed by atoms with Gasteiger partial charge in [-0.15, -0.1) is 0 Å². The van der Waals surface area contributed by atoms with Crippen LogP contribution in [0, 0.1) is 6.92 Å². The third-order valence-electron chi connectivity index (χ3n) is 2.30. The fourth-order valence-electron chi connectivity index (χ4n) is 1.64. The summed E-state index contributed by atoms with van der Waals surface area (Å²) in [6.07, 6.45) is 0. The molecular formula is C9H13N3O. The van der Waals surface area contributed by atoms with Gasteiger partial charge in [0.15, 0.2) is 0 Å². The van der Waals surface area contributed by atoms with Crippen LogP contribution in [0.25, 0.3) is 0 Å². The molecule has 1 aliphatic heterocycles. The summed E-state index contributed by atoms with van der Waals surface area (Å²) in [5, 5.41) is 3.30. The quantitative estimate of drug-likeness (QED) is 0.697. The lowest BCUT2D eigenvalue weighted by atomic mass is 10.2. The molecule has 70 valence electrons. The Bertz CT molecular complexity index is 338. The molecule has 0 amide bonds. The highest BCUT2D eigenvalue weighted by Crippen LogP contribution is 2.28. The largest absolute Gasteiger partial charge is 0.481 e. The Kier molecular flexibility index (Phi) is 1.92. The van der Waals surface area contributed by atoms with Crippen molar-refractivity contribution in [3.63, 3.8) is 0 Å². The van der Waals surface area contributed by atoms with Crippen LogP contribution in [0.4, 0.5) is 0 Å². The van der Waals surface area contributed by atoms with E-state index < -0.39 is 0 Å². The number of methoxy groups -OCH3 is 1. The zero-order chi connectivity index (χ0) is 9.42. The van der Waals surface area contributed by atoms with Gasteiger partial charge in [-0.2, -0.15) is 4.98 Å².